The minimum atomic E-state index is -2.85. The van der Waals surface area contributed by atoms with Crippen molar-refractivity contribution in [1.82, 2.24) is 0 Å². The van der Waals surface area contributed by atoms with Gasteiger partial charge >= 0.3 is 283 Å². The topological polar surface area (TPSA) is 0 Å². The van der Waals surface area contributed by atoms with E-state index in [4.69, 9.17) is 11.6 Å². The van der Waals surface area contributed by atoms with Crippen LogP contribution < -0.4 is 28.1 Å². The van der Waals surface area contributed by atoms with Crippen LogP contribution in [-0.2, 0) is 38.5 Å². The number of allylic oxidation sites excluding steroid dienone is 4. The summed E-state index contributed by atoms with van der Waals surface area (Å²) in [5, 5.41) is 3.40. The fourth-order valence-electron chi connectivity index (χ4n) is 6.99. The fraction of sp³-hybridized carbons (Fsp3) is 0.233. The van der Waals surface area contributed by atoms with Crippen LogP contribution in [-0.4, -0.2) is 3.21 Å². The Morgan fingerprint density at radius 3 is 2.06 bits per heavy atom. The van der Waals surface area contributed by atoms with E-state index in [-0.39, 0.29) is 35.6 Å². The fourth-order valence-corrected chi connectivity index (χ4v) is 15.2. The standard InChI is InChI=1S/C21H25.C17H11Cl.C5H5.2ClH.Zr/c1-20(2,3)16-9-7-14-11-15-8-10-17(21(4,5)6)13-19(15)18(14)12-16;18-16-10-8-13(9-11-16)12-15-6-3-5-14-4-1-2-7-17(14)15;1-2-4-5-3-1;;;/h7,9-10,12-13H,11H2,1-6H3;1-11H;1-3H,4H2;2*1H;/q;;;;;+2/p-2. The molecule has 2 aliphatic rings. The molecule has 5 aromatic rings. The summed E-state index contributed by atoms with van der Waals surface area (Å²) in [7, 11) is 0. The number of rotatable bonds is 4. The van der Waals surface area contributed by atoms with Crippen molar-refractivity contribution in [3.05, 3.63) is 157 Å². The average molecular weight is 755 g/mol. The molecule has 0 fully saturated rings. The van der Waals surface area contributed by atoms with Crippen LogP contribution in [0.15, 0.2) is 119 Å². The zero-order valence-electron chi connectivity index (χ0n) is 28.0. The van der Waals surface area contributed by atoms with Crippen LogP contribution in [0.2, 0.25) is 5.02 Å². The molecule has 5 aromatic carbocycles. The van der Waals surface area contributed by atoms with Gasteiger partial charge in [0.15, 0.2) is 0 Å². The first-order valence-electron chi connectivity index (χ1n) is 16.1. The van der Waals surface area contributed by atoms with Gasteiger partial charge in [-0.1, -0.05) is 0 Å². The Balaban J connectivity index is 0.00000217. The van der Waals surface area contributed by atoms with Crippen LogP contribution in [0.4, 0.5) is 0 Å². The second-order valence-electron chi connectivity index (χ2n) is 14.7. The van der Waals surface area contributed by atoms with E-state index in [9.17, 15) is 0 Å². The van der Waals surface area contributed by atoms with Crippen molar-refractivity contribution in [2.75, 3.05) is 0 Å². The van der Waals surface area contributed by atoms with Crippen molar-refractivity contribution >= 4 is 28.9 Å². The van der Waals surface area contributed by atoms with Crippen LogP contribution in [0, 0.1) is 0 Å². The number of fused-ring (bicyclic) bond motifs is 4. The second-order valence-corrected chi connectivity index (χ2v) is 21.1. The van der Waals surface area contributed by atoms with Gasteiger partial charge in [0.25, 0.3) is 0 Å². The normalized spacial score (nSPS) is 13.8. The van der Waals surface area contributed by atoms with E-state index in [1.165, 1.54) is 49.7 Å². The van der Waals surface area contributed by atoms with E-state index in [2.05, 4.69) is 157 Å². The summed E-state index contributed by atoms with van der Waals surface area (Å²) in [6.45, 7) is 14.1. The Bertz CT molecular complexity index is 2060. The summed E-state index contributed by atoms with van der Waals surface area (Å²) < 4.78 is 4.80. The summed E-state index contributed by atoms with van der Waals surface area (Å²) in [5.74, 6) is 0. The molecule has 2 aliphatic carbocycles. The second kappa shape index (κ2) is 13.8. The Hall–Kier alpha value is -2.54. The molecular formula is C43H41Cl3Zr. The van der Waals surface area contributed by atoms with Crippen LogP contribution >= 0.6 is 11.6 Å². The molecule has 0 aromatic heterocycles. The summed E-state index contributed by atoms with van der Waals surface area (Å²) >= 11 is 3.66. The number of halogens is 3. The first-order chi connectivity index (χ1) is 21.5. The minimum absolute atomic E-state index is 0. The maximum Gasteiger partial charge on any atom is -1.00 e. The molecule has 0 amide bonds. The molecule has 238 valence electrons. The van der Waals surface area contributed by atoms with Gasteiger partial charge in [0.2, 0.25) is 0 Å². The third kappa shape index (κ3) is 6.85. The molecule has 0 radical (unpaired) electrons. The van der Waals surface area contributed by atoms with Gasteiger partial charge in [-0.25, -0.2) is 0 Å². The molecule has 0 saturated carbocycles. The molecule has 0 aliphatic heterocycles. The minimum Gasteiger partial charge on any atom is -1.00 e. The SMILES string of the molecule is CC(C)(C)c1ccc2c(c1)-c1cc(C(C)(C)C)c[c](/[Zr+2]([C]3=CC=CC3)=[C](\c3ccc(Cl)cc3)c3cccc4ccccc34)c1C2.[Cl-].[Cl-]. The zero-order chi connectivity index (χ0) is 31.5. The van der Waals surface area contributed by atoms with E-state index in [0.29, 0.717) is 0 Å². The Labute approximate surface area is 305 Å². The van der Waals surface area contributed by atoms with Gasteiger partial charge in [-0.3, -0.25) is 0 Å². The van der Waals surface area contributed by atoms with Gasteiger partial charge < -0.3 is 24.8 Å². The number of hydrogen-bond donors (Lipinski definition) is 0. The Morgan fingerprint density at radius 2 is 1.38 bits per heavy atom. The summed E-state index contributed by atoms with van der Waals surface area (Å²) in [6.07, 6.45) is 9.13. The van der Waals surface area contributed by atoms with Crippen molar-refractivity contribution in [2.45, 2.75) is 65.2 Å². The van der Waals surface area contributed by atoms with Crippen molar-refractivity contribution in [2.24, 2.45) is 0 Å². The molecule has 0 saturated heterocycles. The van der Waals surface area contributed by atoms with E-state index < -0.39 is 21.3 Å². The van der Waals surface area contributed by atoms with Gasteiger partial charge in [0, 0.05) is 0 Å². The van der Waals surface area contributed by atoms with Crippen molar-refractivity contribution < 1.29 is 46.1 Å². The van der Waals surface area contributed by atoms with E-state index in [1.807, 2.05) is 0 Å². The van der Waals surface area contributed by atoms with Crippen LogP contribution in [0.3, 0.4) is 0 Å². The first kappa shape index (κ1) is 35.8. The smallest absolute Gasteiger partial charge is 1.00 e. The van der Waals surface area contributed by atoms with Crippen molar-refractivity contribution in [3.8, 4) is 11.1 Å². The van der Waals surface area contributed by atoms with Crippen molar-refractivity contribution in [3.63, 3.8) is 0 Å². The monoisotopic (exact) mass is 752 g/mol. The third-order valence-electron chi connectivity index (χ3n) is 9.55. The van der Waals surface area contributed by atoms with E-state index in [0.717, 1.165) is 17.9 Å². The Kier molecular flexibility index (Phi) is 10.5. The van der Waals surface area contributed by atoms with E-state index >= 15 is 0 Å². The van der Waals surface area contributed by atoms with E-state index in [1.54, 1.807) is 15.3 Å². The van der Waals surface area contributed by atoms with Gasteiger partial charge in [-0.2, -0.15) is 0 Å². The maximum atomic E-state index is 6.51. The predicted molar refractivity (Wildman–Crippen MR) is 192 cm³/mol. The number of benzene rings is 5. The third-order valence-corrected chi connectivity index (χ3v) is 17.3. The summed E-state index contributed by atoms with van der Waals surface area (Å²) in [5.41, 5.74) is 11.6. The van der Waals surface area contributed by atoms with Crippen LogP contribution in [0.1, 0.15) is 81.3 Å². The van der Waals surface area contributed by atoms with Gasteiger partial charge in [-0.05, 0) is 0 Å². The quantitative estimate of drug-likeness (QED) is 0.237. The molecule has 0 atom stereocenters. The van der Waals surface area contributed by atoms with Crippen molar-refractivity contribution in [1.29, 1.82) is 0 Å². The molecule has 0 heterocycles. The molecule has 0 nitrogen and oxygen atoms in total. The van der Waals surface area contributed by atoms with Crippen LogP contribution in [0.5, 0.6) is 0 Å². The zero-order valence-corrected chi connectivity index (χ0v) is 32.7. The molecule has 0 spiro atoms. The average Bonchev–Trinajstić information content (AvgIpc) is 3.67. The Morgan fingerprint density at radius 1 is 0.702 bits per heavy atom. The number of hydrogen-bond acceptors (Lipinski definition) is 0. The van der Waals surface area contributed by atoms with Gasteiger partial charge in [0.1, 0.15) is 0 Å². The largest absolute Gasteiger partial charge is 1.00 e. The maximum absolute atomic E-state index is 6.51. The summed E-state index contributed by atoms with van der Waals surface area (Å²) in [6, 6.07) is 36.9. The van der Waals surface area contributed by atoms with Gasteiger partial charge in [-0.15, -0.1) is 0 Å². The van der Waals surface area contributed by atoms with Crippen LogP contribution in [0.25, 0.3) is 21.9 Å². The molecule has 0 bridgehead atoms. The first-order valence-corrected chi connectivity index (χ1v) is 20.2. The molecule has 47 heavy (non-hydrogen) atoms. The molecule has 4 heteroatoms. The van der Waals surface area contributed by atoms with Gasteiger partial charge in [0.05, 0.1) is 0 Å². The molecular weight excluding hydrogens is 714 g/mol. The molecule has 7 rings (SSSR count). The molecule has 0 N–H and O–H groups in total. The predicted octanol–water partition coefficient (Wildman–Crippen LogP) is 5.02. The molecule has 0 unspecified atom stereocenters. The summed E-state index contributed by atoms with van der Waals surface area (Å²) in [4.78, 5) is 0.